The Morgan fingerprint density at radius 3 is 2.42 bits per heavy atom. The van der Waals surface area contributed by atoms with Crippen molar-refractivity contribution in [1.29, 1.82) is 0 Å². The lowest BCUT2D eigenvalue weighted by Crippen LogP contribution is -2.35. The third-order valence-corrected chi connectivity index (χ3v) is 3.53. The second-order valence-corrected chi connectivity index (χ2v) is 4.80. The SMILES string of the molecule is CC(C(=O)O)(C1=CCC(O)C=C1)c1ccc(O)cc1. The molecule has 0 aliphatic heterocycles. The van der Waals surface area contributed by atoms with Crippen LogP contribution < -0.4 is 0 Å². The fourth-order valence-electron chi connectivity index (χ4n) is 2.19. The van der Waals surface area contributed by atoms with Crippen molar-refractivity contribution in [3.8, 4) is 5.75 Å². The van der Waals surface area contributed by atoms with E-state index in [1.807, 2.05) is 0 Å². The van der Waals surface area contributed by atoms with Gasteiger partial charge in [0.1, 0.15) is 11.2 Å². The highest BCUT2D eigenvalue weighted by atomic mass is 16.4. The van der Waals surface area contributed by atoms with Gasteiger partial charge in [0.05, 0.1) is 6.10 Å². The number of allylic oxidation sites excluding steroid dienone is 1. The van der Waals surface area contributed by atoms with Gasteiger partial charge < -0.3 is 15.3 Å². The molecule has 2 unspecified atom stereocenters. The summed E-state index contributed by atoms with van der Waals surface area (Å²) in [6.07, 6.45) is 4.84. The Bertz CT molecular complexity index is 542. The van der Waals surface area contributed by atoms with Crippen molar-refractivity contribution in [3.05, 3.63) is 53.6 Å². The first-order valence-corrected chi connectivity index (χ1v) is 6.04. The van der Waals surface area contributed by atoms with Crippen molar-refractivity contribution < 1.29 is 20.1 Å². The number of aromatic hydroxyl groups is 1. The van der Waals surface area contributed by atoms with Crippen LogP contribution in [0, 0.1) is 0 Å². The van der Waals surface area contributed by atoms with Gasteiger partial charge in [0.25, 0.3) is 0 Å². The summed E-state index contributed by atoms with van der Waals surface area (Å²) in [7, 11) is 0. The van der Waals surface area contributed by atoms with Crippen molar-refractivity contribution in [3.63, 3.8) is 0 Å². The largest absolute Gasteiger partial charge is 0.508 e. The molecule has 1 aromatic carbocycles. The minimum Gasteiger partial charge on any atom is -0.508 e. The number of carbonyl (C=O) groups is 1. The summed E-state index contributed by atoms with van der Waals surface area (Å²) in [5.74, 6) is -0.870. The molecule has 1 aromatic rings. The van der Waals surface area contributed by atoms with E-state index in [-0.39, 0.29) is 5.75 Å². The fraction of sp³-hybridized carbons (Fsp3) is 0.267. The van der Waals surface area contributed by atoms with Gasteiger partial charge in [0, 0.05) is 0 Å². The number of carboxylic acid groups (broad SMARTS) is 1. The molecule has 19 heavy (non-hydrogen) atoms. The van der Waals surface area contributed by atoms with E-state index < -0.39 is 17.5 Å². The number of phenols is 1. The Morgan fingerprint density at radius 1 is 1.32 bits per heavy atom. The number of benzene rings is 1. The van der Waals surface area contributed by atoms with E-state index in [1.165, 1.54) is 12.1 Å². The molecule has 2 rings (SSSR count). The first kappa shape index (κ1) is 13.4. The van der Waals surface area contributed by atoms with Gasteiger partial charge in [-0.3, -0.25) is 4.79 Å². The predicted molar refractivity (Wildman–Crippen MR) is 70.9 cm³/mol. The molecular formula is C15H16O4. The van der Waals surface area contributed by atoms with Crippen LogP contribution in [0.5, 0.6) is 5.75 Å². The van der Waals surface area contributed by atoms with Gasteiger partial charge in [-0.1, -0.05) is 30.4 Å². The normalized spacial score (nSPS) is 21.6. The molecule has 2 atom stereocenters. The van der Waals surface area contributed by atoms with Crippen LogP contribution in [0.2, 0.25) is 0 Å². The van der Waals surface area contributed by atoms with Crippen LogP contribution in [0.25, 0.3) is 0 Å². The van der Waals surface area contributed by atoms with E-state index in [2.05, 4.69) is 0 Å². The maximum Gasteiger partial charge on any atom is 0.318 e. The topological polar surface area (TPSA) is 77.8 Å². The first-order valence-electron chi connectivity index (χ1n) is 6.04. The molecule has 1 aliphatic carbocycles. The number of aliphatic hydroxyl groups is 1. The van der Waals surface area contributed by atoms with Gasteiger partial charge in [0.2, 0.25) is 0 Å². The first-order chi connectivity index (χ1) is 8.94. The lowest BCUT2D eigenvalue weighted by Gasteiger charge is -2.29. The van der Waals surface area contributed by atoms with E-state index in [9.17, 15) is 20.1 Å². The molecule has 4 nitrogen and oxygen atoms in total. The van der Waals surface area contributed by atoms with Crippen molar-refractivity contribution >= 4 is 5.97 Å². The van der Waals surface area contributed by atoms with E-state index >= 15 is 0 Å². The maximum atomic E-state index is 11.7. The lowest BCUT2D eigenvalue weighted by molar-refractivity contribution is -0.141. The van der Waals surface area contributed by atoms with Crippen LogP contribution in [0.1, 0.15) is 18.9 Å². The molecule has 1 aliphatic rings. The maximum absolute atomic E-state index is 11.7. The average molecular weight is 260 g/mol. The number of phenolic OH excluding ortho intramolecular Hbond substituents is 1. The van der Waals surface area contributed by atoms with Crippen LogP contribution in [-0.4, -0.2) is 27.4 Å². The summed E-state index contributed by atoms with van der Waals surface area (Å²) in [5, 5.41) is 28.3. The quantitative estimate of drug-likeness (QED) is 0.776. The molecule has 3 N–H and O–H groups in total. The van der Waals surface area contributed by atoms with Gasteiger partial charge in [0.15, 0.2) is 0 Å². The highest BCUT2D eigenvalue weighted by molar-refractivity contribution is 5.86. The highest BCUT2D eigenvalue weighted by Gasteiger charge is 2.38. The number of rotatable bonds is 3. The zero-order valence-electron chi connectivity index (χ0n) is 10.6. The molecule has 0 bridgehead atoms. The van der Waals surface area contributed by atoms with Gasteiger partial charge in [-0.15, -0.1) is 0 Å². The summed E-state index contributed by atoms with van der Waals surface area (Å²) < 4.78 is 0. The summed E-state index contributed by atoms with van der Waals surface area (Å²) in [6.45, 7) is 1.62. The third kappa shape index (κ3) is 2.39. The summed E-state index contributed by atoms with van der Waals surface area (Å²) in [4.78, 5) is 11.7. The smallest absolute Gasteiger partial charge is 0.318 e. The van der Waals surface area contributed by atoms with Crippen LogP contribution >= 0.6 is 0 Å². The van der Waals surface area contributed by atoms with E-state index in [4.69, 9.17) is 0 Å². The fourth-order valence-corrected chi connectivity index (χ4v) is 2.19. The number of hydrogen-bond donors (Lipinski definition) is 3. The molecule has 4 heteroatoms. The number of aliphatic carboxylic acids is 1. The number of hydrogen-bond acceptors (Lipinski definition) is 3. The predicted octanol–water partition coefficient (Wildman–Crippen LogP) is 1.98. The van der Waals surface area contributed by atoms with Crippen LogP contribution in [-0.2, 0) is 10.2 Å². The molecule has 0 saturated carbocycles. The van der Waals surface area contributed by atoms with Crippen molar-refractivity contribution in [2.75, 3.05) is 0 Å². The molecule has 0 spiro atoms. The van der Waals surface area contributed by atoms with Crippen molar-refractivity contribution in [2.24, 2.45) is 0 Å². The average Bonchev–Trinajstić information content (AvgIpc) is 2.39. The van der Waals surface area contributed by atoms with E-state index in [0.717, 1.165) is 0 Å². The van der Waals surface area contributed by atoms with Crippen molar-refractivity contribution in [2.45, 2.75) is 24.9 Å². The third-order valence-electron chi connectivity index (χ3n) is 3.53. The summed E-state index contributed by atoms with van der Waals surface area (Å²) in [6, 6.07) is 6.14. The summed E-state index contributed by atoms with van der Waals surface area (Å²) in [5.41, 5.74) is 0.0331. The second-order valence-electron chi connectivity index (χ2n) is 4.80. The Labute approximate surface area is 111 Å². The highest BCUT2D eigenvalue weighted by Crippen LogP contribution is 2.35. The molecule has 0 radical (unpaired) electrons. The van der Waals surface area contributed by atoms with Gasteiger partial charge in [-0.05, 0) is 36.6 Å². The second kappa shape index (κ2) is 4.90. The van der Waals surface area contributed by atoms with Crippen molar-refractivity contribution in [1.82, 2.24) is 0 Å². The lowest BCUT2D eigenvalue weighted by atomic mass is 9.74. The molecule has 0 heterocycles. The van der Waals surface area contributed by atoms with Crippen LogP contribution in [0.15, 0.2) is 48.1 Å². The Kier molecular flexibility index (Phi) is 3.44. The number of aliphatic hydroxyl groups excluding tert-OH is 1. The van der Waals surface area contributed by atoms with Gasteiger partial charge >= 0.3 is 5.97 Å². The standard InChI is InChI=1S/C15H16O4/c1-15(14(18)19,10-2-6-12(16)7-3-10)11-4-8-13(17)9-5-11/h2-8,13,16-17H,9H2,1H3,(H,18,19). The Hall–Kier alpha value is -2.07. The molecule has 0 saturated heterocycles. The van der Waals surface area contributed by atoms with Gasteiger partial charge in [-0.25, -0.2) is 0 Å². The molecule has 0 amide bonds. The van der Waals surface area contributed by atoms with Crippen LogP contribution in [0.3, 0.4) is 0 Å². The molecular weight excluding hydrogens is 244 g/mol. The van der Waals surface area contributed by atoms with Crippen LogP contribution in [0.4, 0.5) is 0 Å². The zero-order valence-corrected chi connectivity index (χ0v) is 10.6. The molecule has 100 valence electrons. The Morgan fingerprint density at radius 2 is 1.95 bits per heavy atom. The Balaban J connectivity index is 2.47. The van der Waals surface area contributed by atoms with E-state index in [1.54, 1.807) is 37.3 Å². The monoisotopic (exact) mass is 260 g/mol. The van der Waals surface area contributed by atoms with Gasteiger partial charge in [-0.2, -0.15) is 0 Å². The minimum absolute atomic E-state index is 0.0973. The molecule has 0 fully saturated rings. The van der Waals surface area contributed by atoms with E-state index in [0.29, 0.717) is 17.6 Å². The summed E-state index contributed by atoms with van der Waals surface area (Å²) >= 11 is 0. The zero-order chi connectivity index (χ0) is 14.0. The minimum atomic E-state index is -1.19. The number of carboxylic acids is 1. The molecule has 0 aromatic heterocycles.